The highest BCUT2D eigenvalue weighted by molar-refractivity contribution is 9.10. The van der Waals surface area contributed by atoms with Gasteiger partial charge in [0.15, 0.2) is 11.6 Å². The van der Waals surface area contributed by atoms with Crippen molar-refractivity contribution in [3.63, 3.8) is 0 Å². The lowest BCUT2D eigenvalue weighted by molar-refractivity contribution is 0.141. The Labute approximate surface area is 82.8 Å². The van der Waals surface area contributed by atoms with Crippen LogP contribution < -0.4 is 5.90 Å². The van der Waals surface area contributed by atoms with E-state index in [0.29, 0.717) is 12.0 Å². The van der Waals surface area contributed by atoms with Crippen molar-refractivity contribution in [3.05, 3.63) is 33.8 Å². The molecule has 72 valence electrons. The van der Waals surface area contributed by atoms with Crippen LogP contribution in [0.3, 0.4) is 0 Å². The van der Waals surface area contributed by atoms with Gasteiger partial charge in [0.1, 0.15) is 0 Å². The van der Waals surface area contributed by atoms with E-state index in [4.69, 9.17) is 5.90 Å². The average molecular weight is 252 g/mol. The zero-order valence-electron chi connectivity index (χ0n) is 6.69. The molecule has 0 saturated carbocycles. The fourth-order valence-corrected chi connectivity index (χ4v) is 1.45. The Bertz CT molecular complexity index is 306. The smallest absolute Gasteiger partial charge is 0.173 e. The van der Waals surface area contributed by atoms with Gasteiger partial charge >= 0.3 is 0 Å². The molecule has 0 spiro atoms. The van der Waals surface area contributed by atoms with Crippen molar-refractivity contribution in [2.45, 2.75) is 6.42 Å². The van der Waals surface area contributed by atoms with Gasteiger partial charge in [-0.05, 0) is 34.0 Å². The Hall–Kier alpha value is -0.520. The van der Waals surface area contributed by atoms with Crippen molar-refractivity contribution in [1.82, 2.24) is 0 Å². The molecule has 13 heavy (non-hydrogen) atoms. The van der Waals surface area contributed by atoms with Crippen molar-refractivity contribution in [3.8, 4) is 0 Å². The maximum Gasteiger partial charge on any atom is 0.173 e. The first-order valence-corrected chi connectivity index (χ1v) is 4.40. The van der Waals surface area contributed by atoms with Gasteiger partial charge in [-0.3, -0.25) is 0 Å². The molecule has 1 rings (SSSR count). The van der Waals surface area contributed by atoms with Gasteiger partial charge in [0, 0.05) is 0 Å². The van der Waals surface area contributed by atoms with Gasteiger partial charge in [0.25, 0.3) is 0 Å². The SMILES string of the molecule is NOCCc1ccc(F)c(F)c1Br. The summed E-state index contributed by atoms with van der Waals surface area (Å²) in [5, 5.41) is 0. The maximum absolute atomic E-state index is 12.9. The summed E-state index contributed by atoms with van der Waals surface area (Å²) in [5.41, 5.74) is 0.629. The van der Waals surface area contributed by atoms with Gasteiger partial charge < -0.3 is 4.84 Å². The molecule has 1 aromatic rings. The second-order valence-electron chi connectivity index (χ2n) is 2.46. The van der Waals surface area contributed by atoms with Crippen LogP contribution in [0.2, 0.25) is 0 Å². The summed E-state index contributed by atoms with van der Waals surface area (Å²) < 4.78 is 25.7. The van der Waals surface area contributed by atoms with Gasteiger partial charge in [-0.2, -0.15) is 0 Å². The molecule has 0 bridgehead atoms. The number of rotatable bonds is 3. The number of hydrogen-bond donors (Lipinski definition) is 1. The third-order valence-electron chi connectivity index (χ3n) is 1.60. The Morgan fingerprint density at radius 1 is 1.38 bits per heavy atom. The van der Waals surface area contributed by atoms with E-state index in [9.17, 15) is 8.78 Å². The third kappa shape index (κ3) is 2.46. The number of hydrogen-bond acceptors (Lipinski definition) is 2. The maximum atomic E-state index is 12.9. The molecular formula is C8H8BrF2NO. The number of benzene rings is 1. The molecule has 0 aliphatic rings. The number of halogens is 3. The Morgan fingerprint density at radius 2 is 2.08 bits per heavy atom. The lowest BCUT2D eigenvalue weighted by Crippen LogP contribution is -2.05. The zero-order valence-corrected chi connectivity index (χ0v) is 8.27. The van der Waals surface area contributed by atoms with Crippen LogP contribution in [0.5, 0.6) is 0 Å². The molecule has 2 nitrogen and oxygen atoms in total. The minimum absolute atomic E-state index is 0.129. The molecule has 0 saturated heterocycles. The van der Waals surface area contributed by atoms with Crippen molar-refractivity contribution in [2.24, 2.45) is 5.90 Å². The van der Waals surface area contributed by atoms with Crippen LogP contribution in [0.15, 0.2) is 16.6 Å². The Balaban J connectivity index is 2.90. The zero-order chi connectivity index (χ0) is 9.84. The lowest BCUT2D eigenvalue weighted by Gasteiger charge is -2.04. The summed E-state index contributed by atoms with van der Waals surface area (Å²) in [6.45, 7) is 0.268. The van der Waals surface area contributed by atoms with Crippen LogP contribution in [-0.4, -0.2) is 6.61 Å². The minimum atomic E-state index is -0.880. The fraction of sp³-hybridized carbons (Fsp3) is 0.250. The first-order chi connectivity index (χ1) is 6.16. The molecule has 2 N–H and O–H groups in total. The van der Waals surface area contributed by atoms with Crippen LogP contribution in [0.25, 0.3) is 0 Å². The third-order valence-corrected chi connectivity index (χ3v) is 2.46. The van der Waals surface area contributed by atoms with Crippen molar-refractivity contribution in [1.29, 1.82) is 0 Å². The van der Waals surface area contributed by atoms with Crippen LogP contribution in [0, 0.1) is 11.6 Å². The predicted octanol–water partition coefficient (Wildman–Crippen LogP) is 2.16. The summed E-state index contributed by atoms with van der Waals surface area (Å²) >= 11 is 2.95. The summed E-state index contributed by atoms with van der Waals surface area (Å²) in [7, 11) is 0. The molecule has 0 heterocycles. The van der Waals surface area contributed by atoms with Gasteiger partial charge in [0.2, 0.25) is 0 Å². The van der Waals surface area contributed by atoms with Gasteiger partial charge in [0.05, 0.1) is 11.1 Å². The molecular weight excluding hydrogens is 244 g/mol. The Kier molecular flexibility index (Phi) is 3.77. The first kappa shape index (κ1) is 10.6. The second-order valence-corrected chi connectivity index (χ2v) is 3.25. The van der Waals surface area contributed by atoms with E-state index in [1.165, 1.54) is 6.07 Å². The molecule has 0 aliphatic carbocycles. The summed E-state index contributed by atoms with van der Waals surface area (Å²) in [6.07, 6.45) is 0.439. The van der Waals surface area contributed by atoms with Crippen LogP contribution >= 0.6 is 15.9 Å². The summed E-state index contributed by atoms with van der Waals surface area (Å²) in [6, 6.07) is 2.56. The molecule has 1 aromatic carbocycles. The van der Waals surface area contributed by atoms with Crippen molar-refractivity contribution >= 4 is 15.9 Å². The molecule has 0 aliphatic heterocycles. The van der Waals surface area contributed by atoms with E-state index in [0.717, 1.165) is 6.07 Å². The van der Waals surface area contributed by atoms with E-state index in [1.807, 2.05) is 0 Å². The normalized spacial score (nSPS) is 10.5. The summed E-state index contributed by atoms with van der Waals surface area (Å²) in [4.78, 5) is 4.33. The first-order valence-electron chi connectivity index (χ1n) is 3.61. The topological polar surface area (TPSA) is 35.2 Å². The lowest BCUT2D eigenvalue weighted by atomic mass is 10.1. The molecule has 0 atom stereocenters. The van der Waals surface area contributed by atoms with Crippen LogP contribution in [0.1, 0.15) is 5.56 Å². The van der Waals surface area contributed by atoms with Gasteiger partial charge in [-0.15, -0.1) is 0 Å². The highest BCUT2D eigenvalue weighted by atomic mass is 79.9. The fourth-order valence-electron chi connectivity index (χ4n) is 0.928. The Morgan fingerprint density at radius 3 is 2.69 bits per heavy atom. The number of nitrogens with two attached hydrogens (primary N) is 1. The van der Waals surface area contributed by atoms with E-state index in [-0.39, 0.29) is 11.1 Å². The largest absolute Gasteiger partial charge is 0.304 e. The highest BCUT2D eigenvalue weighted by Gasteiger charge is 2.10. The molecule has 5 heteroatoms. The molecule has 0 amide bonds. The van der Waals surface area contributed by atoms with E-state index < -0.39 is 11.6 Å². The van der Waals surface area contributed by atoms with Gasteiger partial charge in [-0.25, -0.2) is 14.7 Å². The van der Waals surface area contributed by atoms with Crippen molar-refractivity contribution in [2.75, 3.05) is 6.61 Å². The highest BCUT2D eigenvalue weighted by Crippen LogP contribution is 2.23. The van der Waals surface area contributed by atoms with E-state index in [1.54, 1.807) is 0 Å². The molecule has 0 unspecified atom stereocenters. The molecule has 0 aromatic heterocycles. The van der Waals surface area contributed by atoms with Crippen LogP contribution in [-0.2, 0) is 11.3 Å². The molecule has 0 fully saturated rings. The summed E-state index contributed by atoms with van der Waals surface area (Å²) in [5.74, 6) is 3.06. The van der Waals surface area contributed by atoms with Gasteiger partial charge in [-0.1, -0.05) is 6.07 Å². The van der Waals surface area contributed by atoms with E-state index >= 15 is 0 Å². The minimum Gasteiger partial charge on any atom is -0.304 e. The monoisotopic (exact) mass is 251 g/mol. The van der Waals surface area contributed by atoms with Crippen molar-refractivity contribution < 1.29 is 13.6 Å². The standard InChI is InChI=1S/C8H8BrF2NO/c9-7-5(3-4-13-12)1-2-6(10)8(7)11/h1-2H,3-4,12H2. The van der Waals surface area contributed by atoms with E-state index in [2.05, 4.69) is 20.8 Å². The average Bonchev–Trinajstić information content (AvgIpc) is 2.13. The van der Waals surface area contributed by atoms with Crippen LogP contribution in [0.4, 0.5) is 8.78 Å². The predicted molar refractivity (Wildman–Crippen MR) is 47.9 cm³/mol. The second kappa shape index (κ2) is 4.64. The molecule has 0 radical (unpaired) electrons. The quantitative estimate of drug-likeness (QED) is 0.660.